The van der Waals surface area contributed by atoms with E-state index >= 15 is 0 Å². The van der Waals surface area contributed by atoms with Gasteiger partial charge in [0.05, 0.1) is 12.5 Å². The van der Waals surface area contributed by atoms with Crippen molar-refractivity contribution in [2.75, 3.05) is 0 Å². The van der Waals surface area contributed by atoms with Gasteiger partial charge in [0.25, 0.3) is 0 Å². The van der Waals surface area contributed by atoms with Crippen LogP contribution in [0.1, 0.15) is 110 Å². The van der Waals surface area contributed by atoms with Crippen molar-refractivity contribution in [1.82, 2.24) is 5.48 Å². The molecule has 0 aromatic carbocycles. The lowest BCUT2D eigenvalue weighted by Gasteiger charge is -2.09. The maximum absolute atomic E-state index is 11.3. The Labute approximate surface area is 153 Å². The smallest absolute Gasteiger partial charge is 0.334 e. The lowest BCUT2D eigenvalue weighted by molar-refractivity contribution is -0.159. The molecule has 0 fully saturated rings. The lowest BCUT2D eigenvalue weighted by atomic mass is 10.0. The van der Waals surface area contributed by atoms with Crippen LogP contribution in [-0.4, -0.2) is 23.1 Å². The van der Waals surface area contributed by atoms with Crippen LogP contribution in [-0.2, 0) is 14.4 Å². The zero-order valence-corrected chi connectivity index (χ0v) is 16.4. The molecular weight excluding hydrogens is 318 g/mol. The second-order valence-electron chi connectivity index (χ2n) is 7.02. The molecule has 0 radical (unpaired) electrons. The first kappa shape index (κ1) is 23.9. The Balaban J connectivity index is 3.27. The number of hydroxylamine groups is 1. The van der Waals surface area contributed by atoms with Crippen LogP contribution in [0.15, 0.2) is 0 Å². The fourth-order valence-electron chi connectivity index (χ4n) is 2.86. The number of rotatable bonds is 16. The Morgan fingerprint density at radius 3 is 1.72 bits per heavy atom. The molecule has 5 heteroatoms. The Hall–Kier alpha value is -1.10. The van der Waals surface area contributed by atoms with Gasteiger partial charge in [-0.25, -0.2) is 4.79 Å². The molecule has 0 rings (SSSR count). The van der Waals surface area contributed by atoms with Crippen molar-refractivity contribution in [3.63, 3.8) is 0 Å². The van der Waals surface area contributed by atoms with Gasteiger partial charge in [0.15, 0.2) is 0 Å². The van der Waals surface area contributed by atoms with Crippen LogP contribution in [0.25, 0.3) is 0 Å². The first-order valence-electron chi connectivity index (χ1n) is 10.2. The van der Waals surface area contributed by atoms with E-state index in [1.807, 2.05) is 5.48 Å². The van der Waals surface area contributed by atoms with E-state index in [1.165, 1.54) is 77.6 Å². The van der Waals surface area contributed by atoms with E-state index in [0.29, 0.717) is 6.42 Å². The maximum atomic E-state index is 11.3. The summed E-state index contributed by atoms with van der Waals surface area (Å²) in [5.41, 5.74) is 1.97. The highest BCUT2D eigenvalue weighted by Gasteiger charge is 2.12. The van der Waals surface area contributed by atoms with Crippen molar-refractivity contribution in [3.8, 4) is 0 Å². The summed E-state index contributed by atoms with van der Waals surface area (Å²) in [6.07, 6.45) is 16.6. The minimum Gasteiger partial charge on any atom is -0.393 e. The molecular formula is C20H39NO4. The van der Waals surface area contributed by atoms with Crippen LogP contribution in [0.5, 0.6) is 0 Å². The van der Waals surface area contributed by atoms with Gasteiger partial charge in [-0.2, -0.15) is 5.48 Å². The first-order valence-corrected chi connectivity index (χ1v) is 10.2. The molecule has 0 bridgehead atoms. The van der Waals surface area contributed by atoms with E-state index in [-0.39, 0.29) is 6.42 Å². The van der Waals surface area contributed by atoms with Crippen molar-refractivity contribution >= 4 is 11.9 Å². The van der Waals surface area contributed by atoms with Crippen molar-refractivity contribution < 1.29 is 19.5 Å². The number of carbonyl (C=O) groups excluding carboxylic acids is 2. The molecule has 25 heavy (non-hydrogen) atoms. The summed E-state index contributed by atoms with van der Waals surface area (Å²) in [7, 11) is 0. The molecule has 0 aromatic rings. The van der Waals surface area contributed by atoms with E-state index in [0.717, 1.165) is 12.8 Å². The van der Waals surface area contributed by atoms with E-state index in [2.05, 4.69) is 11.8 Å². The Bertz CT molecular complexity index is 334. The highest BCUT2D eigenvalue weighted by atomic mass is 16.7. The molecule has 0 aromatic heterocycles. The molecule has 2 N–H and O–H groups in total. The molecule has 1 amide bonds. The molecule has 0 saturated heterocycles. The van der Waals surface area contributed by atoms with E-state index in [9.17, 15) is 14.7 Å². The Morgan fingerprint density at radius 2 is 1.28 bits per heavy atom. The van der Waals surface area contributed by atoms with Crippen LogP contribution in [0.3, 0.4) is 0 Å². The van der Waals surface area contributed by atoms with E-state index in [1.54, 1.807) is 0 Å². The Kier molecular flexibility index (Phi) is 16.9. The number of hydrogen-bond acceptors (Lipinski definition) is 4. The average Bonchev–Trinajstić information content (AvgIpc) is 2.57. The zero-order valence-electron chi connectivity index (χ0n) is 16.4. The summed E-state index contributed by atoms with van der Waals surface area (Å²) in [5, 5.41) is 9.75. The molecule has 1 unspecified atom stereocenters. The third kappa shape index (κ3) is 19.1. The third-order valence-electron chi connectivity index (χ3n) is 4.35. The molecule has 0 heterocycles. The number of hydrogen-bond donors (Lipinski definition) is 2. The lowest BCUT2D eigenvalue weighted by Crippen LogP contribution is -2.26. The molecule has 0 spiro atoms. The zero-order chi connectivity index (χ0) is 18.8. The van der Waals surface area contributed by atoms with Crippen molar-refractivity contribution in [2.24, 2.45) is 0 Å². The highest BCUT2D eigenvalue weighted by molar-refractivity contribution is 5.75. The largest absolute Gasteiger partial charge is 0.393 e. The number of amides is 1. The van der Waals surface area contributed by atoms with Gasteiger partial charge in [-0.15, -0.1) is 0 Å². The van der Waals surface area contributed by atoms with Gasteiger partial charge >= 0.3 is 5.97 Å². The van der Waals surface area contributed by atoms with Gasteiger partial charge in [-0.3, -0.25) is 4.79 Å². The molecule has 0 aliphatic rings. The summed E-state index contributed by atoms with van der Waals surface area (Å²) in [6.45, 7) is 3.51. The quantitative estimate of drug-likeness (QED) is 0.307. The van der Waals surface area contributed by atoms with Gasteiger partial charge < -0.3 is 9.94 Å². The second kappa shape index (κ2) is 17.7. The first-order chi connectivity index (χ1) is 12.1. The van der Waals surface area contributed by atoms with E-state index < -0.39 is 18.0 Å². The number of aliphatic hydroxyl groups excluding tert-OH is 1. The summed E-state index contributed by atoms with van der Waals surface area (Å²) in [4.78, 5) is 26.4. The number of aliphatic hydroxyl groups is 1. The van der Waals surface area contributed by atoms with Crippen LogP contribution in [0.4, 0.5) is 0 Å². The number of unbranched alkanes of at least 4 members (excludes halogenated alkanes) is 12. The molecule has 0 aliphatic heterocycles. The van der Waals surface area contributed by atoms with Gasteiger partial charge in [0.1, 0.15) is 0 Å². The molecule has 0 aliphatic carbocycles. The second-order valence-corrected chi connectivity index (χ2v) is 7.02. The van der Waals surface area contributed by atoms with Crippen molar-refractivity contribution in [2.45, 2.75) is 116 Å². The number of carbonyl (C=O) groups is 2. The minimum atomic E-state index is -0.686. The third-order valence-corrected chi connectivity index (χ3v) is 4.35. The van der Waals surface area contributed by atoms with Crippen LogP contribution in [0, 0.1) is 0 Å². The summed E-state index contributed by atoms with van der Waals surface area (Å²) in [5.74, 6) is -1.03. The predicted molar refractivity (Wildman–Crippen MR) is 101 cm³/mol. The van der Waals surface area contributed by atoms with Gasteiger partial charge in [0.2, 0.25) is 5.91 Å². The van der Waals surface area contributed by atoms with Crippen molar-refractivity contribution in [3.05, 3.63) is 0 Å². The Morgan fingerprint density at radius 1 is 0.840 bits per heavy atom. The summed E-state index contributed by atoms with van der Waals surface area (Å²) in [6, 6.07) is 0. The van der Waals surface area contributed by atoms with Crippen LogP contribution < -0.4 is 5.48 Å². The summed E-state index contributed by atoms with van der Waals surface area (Å²) < 4.78 is 0. The maximum Gasteiger partial charge on any atom is 0.334 e. The molecule has 148 valence electrons. The minimum absolute atomic E-state index is 0.0709. The SMILES string of the molecule is CCCCCCCCCCCCCCCC(O)CC(=O)ONC(C)=O. The van der Waals surface area contributed by atoms with Gasteiger partial charge in [-0.1, -0.05) is 90.4 Å². The average molecular weight is 358 g/mol. The van der Waals surface area contributed by atoms with Crippen LogP contribution >= 0.6 is 0 Å². The van der Waals surface area contributed by atoms with Crippen molar-refractivity contribution in [1.29, 1.82) is 0 Å². The monoisotopic (exact) mass is 357 g/mol. The molecule has 1 atom stereocenters. The van der Waals surface area contributed by atoms with Crippen LogP contribution in [0.2, 0.25) is 0 Å². The van der Waals surface area contributed by atoms with Gasteiger partial charge in [-0.05, 0) is 6.42 Å². The standard InChI is InChI=1S/C20H39NO4/c1-3-4-5-6-7-8-9-10-11-12-13-14-15-16-19(23)17-20(24)25-21-18(2)22/h19,23H,3-17H2,1-2H3,(H,21,22). The van der Waals surface area contributed by atoms with Gasteiger partial charge in [0, 0.05) is 6.92 Å². The fourth-order valence-corrected chi connectivity index (χ4v) is 2.86. The topological polar surface area (TPSA) is 75.6 Å². The normalized spacial score (nSPS) is 12.0. The fraction of sp³-hybridized carbons (Fsp3) is 0.900. The molecule has 0 saturated carbocycles. The predicted octanol–water partition coefficient (Wildman–Crippen LogP) is 4.81. The summed E-state index contributed by atoms with van der Waals surface area (Å²) >= 11 is 0. The highest BCUT2D eigenvalue weighted by Crippen LogP contribution is 2.14. The number of nitrogens with one attached hydrogen (secondary N) is 1. The molecule has 5 nitrogen and oxygen atoms in total. The van der Waals surface area contributed by atoms with E-state index in [4.69, 9.17) is 0 Å².